The Morgan fingerprint density at radius 2 is 2.27 bits per heavy atom. The molecule has 7 nitrogen and oxygen atoms in total. The second-order valence-corrected chi connectivity index (χ2v) is 5.77. The molecule has 0 saturated carbocycles. The Labute approximate surface area is 129 Å². The predicted molar refractivity (Wildman–Crippen MR) is 81.2 cm³/mol. The molecular formula is C15H21N5O2. The van der Waals surface area contributed by atoms with Gasteiger partial charge in [0.2, 0.25) is 5.91 Å². The van der Waals surface area contributed by atoms with Gasteiger partial charge in [-0.2, -0.15) is 10.2 Å². The first-order valence-corrected chi connectivity index (χ1v) is 7.46. The minimum absolute atomic E-state index is 0.0494. The Balaban J connectivity index is 1.76. The van der Waals surface area contributed by atoms with Gasteiger partial charge in [-0.05, 0) is 19.8 Å². The normalized spacial score (nSPS) is 21.8. The summed E-state index contributed by atoms with van der Waals surface area (Å²) in [6.07, 6.45) is 5.11. The molecule has 7 heteroatoms. The number of nitrogens with zero attached hydrogens (tertiary/aromatic N) is 4. The van der Waals surface area contributed by atoms with E-state index in [0.717, 1.165) is 24.1 Å². The van der Waals surface area contributed by atoms with Gasteiger partial charge in [-0.15, -0.1) is 0 Å². The van der Waals surface area contributed by atoms with Gasteiger partial charge in [0.05, 0.1) is 18.2 Å². The van der Waals surface area contributed by atoms with Crippen molar-refractivity contribution in [1.29, 1.82) is 0 Å². The van der Waals surface area contributed by atoms with Crippen LogP contribution in [0.1, 0.15) is 30.2 Å². The SMILES string of the molecule is Cc1cc(NC(=O)[C@@H]2CCCO[C@H]2c2cnn(C)c2)nn1C. The van der Waals surface area contributed by atoms with Gasteiger partial charge in [0.15, 0.2) is 5.82 Å². The second-order valence-electron chi connectivity index (χ2n) is 5.77. The fourth-order valence-electron chi connectivity index (χ4n) is 2.81. The van der Waals surface area contributed by atoms with Gasteiger partial charge in [-0.3, -0.25) is 14.2 Å². The quantitative estimate of drug-likeness (QED) is 0.934. The number of hydrogen-bond acceptors (Lipinski definition) is 4. The zero-order chi connectivity index (χ0) is 15.7. The van der Waals surface area contributed by atoms with Gasteiger partial charge in [0.25, 0.3) is 0 Å². The lowest BCUT2D eigenvalue weighted by molar-refractivity contribution is -0.129. The molecule has 0 spiro atoms. The van der Waals surface area contributed by atoms with Crippen molar-refractivity contribution in [1.82, 2.24) is 19.6 Å². The molecule has 1 fully saturated rings. The average molecular weight is 303 g/mol. The third-order valence-electron chi connectivity index (χ3n) is 4.08. The lowest BCUT2D eigenvalue weighted by atomic mass is 9.90. The summed E-state index contributed by atoms with van der Waals surface area (Å²) in [5, 5.41) is 11.3. The van der Waals surface area contributed by atoms with Crippen LogP contribution in [0.15, 0.2) is 18.5 Å². The van der Waals surface area contributed by atoms with Crippen LogP contribution in [-0.4, -0.2) is 32.1 Å². The second kappa shape index (κ2) is 5.92. The lowest BCUT2D eigenvalue weighted by Crippen LogP contribution is -2.33. The molecule has 1 amide bonds. The lowest BCUT2D eigenvalue weighted by Gasteiger charge is -2.29. The molecule has 2 aromatic heterocycles. The highest BCUT2D eigenvalue weighted by atomic mass is 16.5. The van der Waals surface area contributed by atoms with Crippen LogP contribution in [0.5, 0.6) is 0 Å². The van der Waals surface area contributed by atoms with Crippen molar-refractivity contribution < 1.29 is 9.53 Å². The van der Waals surface area contributed by atoms with E-state index in [0.29, 0.717) is 12.4 Å². The number of carbonyl (C=O) groups excluding carboxylic acids is 1. The predicted octanol–water partition coefficient (Wildman–Crippen LogP) is 1.57. The van der Waals surface area contributed by atoms with E-state index in [1.165, 1.54) is 0 Å². The van der Waals surface area contributed by atoms with Gasteiger partial charge < -0.3 is 10.1 Å². The number of ether oxygens (including phenoxy) is 1. The number of hydrogen-bond donors (Lipinski definition) is 1. The molecule has 118 valence electrons. The van der Waals surface area contributed by atoms with Crippen LogP contribution >= 0.6 is 0 Å². The maximum atomic E-state index is 12.6. The van der Waals surface area contributed by atoms with Crippen LogP contribution < -0.4 is 5.32 Å². The number of aromatic nitrogens is 4. The summed E-state index contributed by atoms with van der Waals surface area (Å²) in [6.45, 7) is 2.62. The number of aryl methyl sites for hydroxylation is 3. The maximum Gasteiger partial charge on any atom is 0.231 e. The molecule has 0 aromatic carbocycles. The zero-order valence-corrected chi connectivity index (χ0v) is 13.1. The summed E-state index contributed by atoms with van der Waals surface area (Å²) in [5.74, 6) is 0.312. The topological polar surface area (TPSA) is 74.0 Å². The average Bonchev–Trinajstić information content (AvgIpc) is 3.05. The fourth-order valence-corrected chi connectivity index (χ4v) is 2.81. The number of amides is 1. The molecule has 0 aliphatic carbocycles. The van der Waals surface area contributed by atoms with Gasteiger partial charge >= 0.3 is 0 Å². The first-order chi connectivity index (χ1) is 10.5. The maximum absolute atomic E-state index is 12.6. The highest BCUT2D eigenvalue weighted by molar-refractivity contribution is 5.92. The zero-order valence-electron chi connectivity index (χ0n) is 13.1. The first-order valence-electron chi connectivity index (χ1n) is 7.46. The van der Waals surface area contributed by atoms with E-state index >= 15 is 0 Å². The number of anilines is 1. The van der Waals surface area contributed by atoms with Gasteiger partial charge in [0.1, 0.15) is 0 Å². The smallest absolute Gasteiger partial charge is 0.231 e. The Morgan fingerprint density at radius 3 is 2.91 bits per heavy atom. The molecule has 1 aliphatic heterocycles. The molecule has 0 unspecified atom stereocenters. The number of carbonyl (C=O) groups is 1. The van der Waals surface area contributed by atoms with Crippen LogP contribution in [-0.2, 0) is 23.6 Å². The van der Waals surface area contributed by atoms with Crippen LogP contribution in [0.4, 0.5) is 5.82 Å². The van der Waals surface area contributed by atoms with E-state index < -0.39 is 0 Å². The number of rotatable bonds is 3. The molecule has 0 radical (unpaired) electrons. The van der Waals surface area contributed by atoms with Crippen molar-refractivity contribution in [3.05, 3.63) is 29.7 Å². The van der Waals surface area contributed by atoms with E-state index in [1.807, 2.05) is 33.3 Å². The van der Waals surface area contributed by atoms with Gasteiger partial charge in [-0.25, -0.2) is 0 Å². The molecular weight excluding hydrogens is 282 g/mol. The first kappa shape index (κ1) is 14.8. The molecule has 1 N–H and O–H groups in total. The monoisotopic (exact) mass is 303 g/mol. The molecule has 0 bridgehead atoms. The highest BCUT2D eigenvalue weighted by Gasteiger charge is 2.34. The molecule has 3 rings (SSSR count). The van der Waals surface area contributed by atoms with E-state index in [-0.39, 0.29) is 17.9 Å². The Bertz CT molecular complexity index is 656. The standard InChI is InChI=1S/C15H21N5O2/c1-10-7-13(18-20(10)3)17-15(21)12-5-4-6-22-14(12)11-8-16-19(2)9-11/h7-9,12,14H,4-6H2,1-3H3,(H,17,18,21)/t12-,14+/m1/s1. The molecule has 3 heterocycles. The minimum Gasteiger partial charge on any atom is -0.373 e. The van der Waals surface area contributed by atoms with E-state index in [1.54, 1.807) is 15.6 Å². The van der Waals surface area contributed by atoms with E-state index in [4.69, 9.17) is 4.74 Å². The summed E-state index contributed by atoms with van der Waals surface area (Å²) in [7, 11) is 3.71. The Morgan fingerprint density at radius 1 is 1.45 bits per heavy atom. The molecule has 2 atom stereocenters. The van der Waals surface area contributed by atoms with Gasteiger partial charge in [0, 0.05) is 44.2 Å². The summed E-state index contributed by atoms with van der Waals surface area (Å²) in [6, 6.07) is 1.86. The van der Waals surface area contributed by atoms with E-state index in [2.05, 4.69) is 15.5 Å². The Kier molecular flexibility index (Phi) is 3.98. The van der Waals surface area contributed by atoms with Crippen LogP contribution in [0, 0.1) is 12.8 Å². The van der Waals surface area contributed by atoms with E-state index in [9.17, 15) is 4.79 Å². The van der Waals surface area contributed by atoms with Crippen molar-refractivity contribution >= 4 is 11.7 Å². The fraction of sp³-hybridized carbons (Fsp3) is 0.533. The summed E-state index contributed by atoms with van der Waals surface area (Å²) in [5.41, 5.74) is 1.94. The highest BCUT2D eigenvalue weighted by Crippen LogP contribution is 2.34. The van der Waals surface area contributed by atoms with Gasteiger partial charge in [-0.1, -0.05) is 0 Å². The van der Waals surface area contributed by atoms with Crippen molar-refractivity contribution in [3.63, 3.8) is 0 Å². The van der Waals surface area contributed by atoms with Crippen LogP contribution in [0.3, 0.4) is 0 Å². The largest absolute Gasteiger partial charge is 0.373 e. The summed E-state index contributed by atoms with van der Waals surface area (Å²) < 4.78 is 9.31. The molecule has 1 saturated heterocycles. The Hall–Kier alpha value is -2.15. The summed E-state index contributed by atoms with van der Waals surface area (Å²) >= 11 is 0. The van der Waals surface area contributed by atoms with Crippen LogP contribution in [0.25, 0.3) is 0 Å². The summed E-state index contributed by atoms with van der Waals surface area (Å²) in [4.78, 5) is 12.6. The van der Waals surface area contributed by atoms with Crippen molar-refractivity contribution in [2.45, 2.75) is 25.9 Å². The molecule has 1 aliphatic rings. The molecule has 22 heavy (non-hydrogen) atoms. The third-order valence-corrected chi connectivity index (χ3v) is 4.08. The number of nitrogens with one attached hydrogen (secondary N) is 1. The van der Waals surface area contributed by atoms with Crippen molar-refractivity contribution in [2.75, 3.05) is 11.9 Å². The van der Waals surface area contributed by atoms with Crippen molar-refractivity contribution in [2.24, 2.45) is 20.0 Å². The third kappa shape index (κ3) is 2.89. The minimum atomic E-state index is -0.243. The van der Waals surface area contributed by atoms with Crippen LogP contribution in [0.2, 0.25) is 0 Å². The molecule has 2 aromatic rings. The van der Waals surface area contributed by atoms with Crippen molar-refractivity contribution in [3.8, 4) is 0 Å².